The van der Waals surface area contributed by atoms with Gasteiger partial charge in [0.05, 0.1) is 0 Å². The van der Waals surface area contributed by atoms with E-state index >= 15 is 0 Å². The number of nitrogens with one attached hydrogen (secondary N) is 2. The summed E-state index contributed by atoms with van der Waals surface area (Å²) in [5.74, 6) is 0.179. The molecule has 4 aromatic rings. The highest BCUT2D eigenvalue weighted by Crippen LogP contribution is 2.34. The maximum atomic E-state index is 12.9. The number of nitrogens with zero attached hydrogens (tertiary/aromatic N) is 2. The van der Waals surface area contributed by atoms with E-state index in [4.69, 9.17) is 11.6 Å². The highest BCUT2D eigenvalue weighted by atomic mass is 35.5. The van der Waals surface area contributed by atoms with Gasteiger partial charge in [-0.05, 0) is 23.3 Å². The molecular weight excluding hydrogens is 432 g/mol. The zero-order valence-corrected chi connectivity index (χ0v) is 18.0. The van der Waals surface area contributed by atoms with Crippen LogP contribution in [-0.4, -0.2) is 32.7 Å². The Balaban J connectivity index is 1.48. The first-order chi connectivity index (χ1) is 15.1. The summed E-state index contributed by atoms with van der Waals surface area (Å²) in [6, 6.07) is 15.6. The molecule has 0 fully saturated rings. The zero-order chi connectivity index (χ0) is 21.4. The summed E-state index contributed by atoms with van der Waals surface area (Å²) in [5, 5.41) is 5.30. The van der Waals surface area contributed by atoms with Crippen molar-refractivity contribution in [2.75, 3.05) is 12.3 Å². The molecule has 0 aliphatic carbocycles. The number of benzene rings is 2. The van der Waals surface area contributed by atoms with Crippen molar-refractivity contribution < 1.29 is 4.79 Å². The van der Waals surface area contributed by atoms with Crippen LogP contribution >= 0.6 is 23.4 Å². The lowest BCUT2D eigenvalue weighted by atomic mass is 9.90. The standard InChI is InChI=1S/C23H19ClN4O2S/c24-19-7-3-1-5-14(19)16(17-11-25-20-8-4-2-6-15(17)20)12-26-21(29)18-13-27-23-28(22(18)30)9-10-31-23/h1-8,11,13,16,25H,9-10,12H2,(H,26,29)/t16-/m0/s1. The number of carbonyl (C=O) groups is 1. The van der Waals surface area contributed by atoms with E-state index in [2.05, 4.69) is 15.3 Å². The molecule has 31 heavy (non-hydrogen) atoms. The summed E-state index contributed by atoms with van der Waals surface area (Å²) >= 11 is 8.04. The first-order valence-electron chi connectivity index (χ1n) is 9.95. The van der Waals surface area contributed by atoms with Crippen LogP contribution < -0.4 is 10.9 Å². The Kier molecular flexibility index (Phi) is 5.29. The number of para-hydroxylation sites is 1. The van der Waals surface area contributed by atoms with E-state index in [-0.39, 0.29) is 17.0 Å². The minimum atomic E-state index is -0.429. The predicted molar refractivity (Wildman–Crippen MR) is 123 cm³/mol. The van der Waals surface area contributed by atoms with Crippen molar-refractivity contribution in [3.05, 3.63) is 93.0 Å². The second-order valence-electron chi connectivity index (χ2n) is 7.33. The number of fused-ring (bicyclic) bond motifs is 2. The van der Waals surface area contributed by atoms with Crippen molar-refractivity contribution in [2.24, 2.45) is 0 Å². The van der Waals surface area contributed by atoms with Crippen LogP contribution in [0, 0.1) is 0 Å². The van der Waals surface area contributed by atoms with Gasteiger partial charge in [0, 0.05) is 53.1 Å². The van der Waals surface area contributed by atoms with Crippen LogP contribution in [-0.2, 0) is 6.54 Å². The first-order valence-corrected chi connectivity index (χ1v) is 11.3. The number of hydrogen-bond acceptors (Lipinski definition) is 4. The molecule has 1 aliphatic rings. The Labute approximate surface area is 187 Å². The SMILES string of the molecule is O=C(NC[C@@H](c1ccccc1Cl)c1c[nH]c2ccccc12)c1cnc2n(c1=O)CCS2. The molecule has 1 aliphatic heterocycles. The normalized spacial score (nSPS) is 13.8. The number of H-pyrrole nitrogens is 1. The lowest BCUT2D eigenvalue weighted by Crippen LogP contribution is -2.35. The van der Waals surface area contributed by atoms with Crippen LogP contribution in [0.4, 0.5) is 0 Å². The molecule has 0 spiro atoms. The zero-order valence-electron chi connectivity index (χ0n) is 16.5. The van der Waals surface area contributed by atoms with E-state index < -0.39 is 5.91 Å². The largest absolute Gasteiger partial charge is 0.361 e. The summed E-state index contributed by atoms with van der Waals surface area (Å²) in [4.78, 5) is 33.2. The third kappa shape index (κ3) is 3.64. The molecule has 156 valence electrons. The Morgan fingerprint density at radius 2 is 2.00 bits per heavy atom. The average molecular weight is 451 g/mol. The van der Waals surface area contributed by atoms with Gasteiger partial charge in [0.25, 0.3) is 11.5 Å². The molecule has 0 saturated carbocycles. The first kappa shape index (κ1) is 19.9. The summed E-state index contributed by atoms with van der Waals surface area (Å²) in [6.45, 7) is 0.866. The van der Waals surface area contributed by atoms with Gasteiger partial charge in [-0.3, -0.25) is 14.2 Å². The van der Waals surface area contributed by atoms with Gasteiger partial charge in [0.1, 0.15) is 5.56 Å². The quantitative estimate of drug-likeness (QED) is 0.449. The van der Waals surface area contributed by atoms with E-state index in [1.165, 1.54) is 18.0 Å². The third-order valence-electron chi connectivity index (χ3n) is 5.55. The number of halogens is 1. The van der Waals surface area contributed by atoms with Crippen LogP contribution in [0.1, 0.15) is 27.4 Å². The second kappa shape index (κ2) is 8.24. The Hall–Kier alpha value is -3.03. The number of thioether (sulfide) groups is 1. The van der Waals surface area contributed by atoms with Gasteiger partial charge >= 0.3 is 0 Å². The van der Waals surface area contributed by atoms with E-state index in [1.54, 1.807) is 4.57 Å². The Morgan fingerprint density at radius 1 is 1.19 bits per heavy atom. The summed E-state index contributed by atoms with van der Waals surface area (Å²) in [6.07, 6.45) is 3.33. The van der Waals surface area contributed by atoms with Crippen molar-refractivity contribution in [3.63, 3.8) is 0 Å². The van der Waals surface area contributed by atoms with Gasteiger partial charge in [-0.25, -0.2) is 4.98 Å². The smallest absolute Gasteiger partial charge is 0.267 e. The fraction of sp³-hybridized carbons (Fsp3) is 0.174. The van der Waals surface area contributed by atoms with Crippen LogP contribution in [0.25, 0.3) is 10.9 Å². The van der Waals surface area contributed by atoms with E-state index in [1.807, 2.05) is 54.7 Å². The van der Waals surface area contributed by atoms with Gasteiger partial charge in [-0.15, -0.1) is 0 Å². The molecule has 6 nitrogen and oxygen atoms in total. The Bertz CT molecular complexity index is 1350. The molecule has 3 heterocycles. The molecule has 0 bridgehead atoms. The maximum Gasteiger partial charge on any atom is 0.267 e. The fourth-order valence-corrected chi connectivity index (χ4v) is 5.17. The molecule has 8 heteroatoms. The molecule has 2 aromatic carbocycles. The van der Waals surface area contributed by atoms with Crippen molar-refractivity contribution >= 4 is 40.2 Å². The average Bonchev–Trinajstić information content (AvgIpc) is 3.43. The highest BCUT2D eigenvalue weighted by Gasteiger charge is 2.24. The van der Waals surface area contributed by atoms with Gasteiger partial charge in [0.15, 0.2) is 5.16 Å². The summed E-state index contributed by atoms with van der Waals surface area (Å²) in [5.41, 5.74) is 2.72. The van der Waals surface area contributed by atoms with Gasteiger partial charge in [-0.1, -0.05) is 59.8 Å². The molecule has 0 unspecified atom stereocenters. The lowest BCUT2D eigenvalue weighted by molar-refractivity contribution is 0.0949. The van der Waals surface area contributed by atoms with Crippen molar-refractivity contribution in [2.45, 2.75) is 17.6 Å². The minimum absolute atomic E-state index is 0.0584. The van der Waals surface area contributed by atoms with Crippen molar-refractivity contribution in [3.8, 4) is 0 Å². The molecule has 0 radical (unpaired) electrons. The van der Waals surface area contributed by atoms with Crippen molar-refractivity contribution in [1.82, 2.24) is 19.9 Å². The van der Waals surface area contributed by atoms with Crippen LogP contribution in [0.3, 0.4) is 0 Å². The van der Waals surface area contributed by atoms with Crippen LogP contribution in [0.2, 0.25) is 5.02 Å². The molecule has 1 amide bonds. The van der Waals surface area contributed by atoms with E-state index in [9.17, 15) is 9.59 Å². The van der Waals surface area contributed by atoms with Gasteiger partial charge < -0.3 is 10.3 Å². The number of hydrogen-bond donors (Lipinski definition) is 2. The molecular formula is C23H19ClN4O2S. The number of amides is 1. The molecule has 2 aromatic heterocycles. The van der Waals surface area contributed by atoms with E-state index in [0.717, 1.165) is 27.8 Å². The molecule has 2 N–H and O–H groups in total. The van der Waals surface area contributed by atoms with Crippen molar-refractivity contribution in [1.29, 1.82) is 0 Å². The number of carbonyl (C=O) groups excluding carboxylic acids is 1. The summed E-state index contributed by atoms with van der Waals surface area (Å²) < 4.78 is 1.56. The van der Waals surface area contributed by atoms with Crippen LogP contribution in [0.15, 0.2) is 70.9 Å². The molecule has 1 atom stereocenters. The van der Waals surface area contributed by atoms with Crippen LogP contribution in [0.5, 0.6) is 0 Å². The maximum absolute atomic E-state index is 12.9. The highest BCUT2D eigenvalue weighted by molar-refractivity contribution is 7.99. The number of aromatic nitrogens is 3. The topological polar surface area (TPSA) is 79.8 Å². The summed E-state index contributed by atoms with van der Waals surface area (Å²) in [7, 11) is 0. The van der Waals surface area contributed by atoms with E-state index in [0.29, 0.717) is 23.3 Å². The lowest BCUT2D eigenvalue weighted by Gasteiger charge is -2.19. The Morgan fingerprint density at radius 3 is 2.87 bits per heavy atom. The monoisotopic (exact) mass is 450 g/mol. The fourth-order valence-electron chi connectivity index (χ4n) is 3.99. The minimum Gasteiger partial charge on any atom is -0.361 e. The van der Waals surface area contributed by atoms with Gasteiger partial charge in [0.2, 0.25) is 0 Å². The second-order valence-corrected chi connectivity index (χ2v) is 8.80. The third-order valence-corrected chi connectivity index (χ3v) is 6.86. The molecule has 5 rings (SSSR count). The predicted octanol–water partition coefficient (Wildman–Crippen LogP) is 4.05. The van der Waals surface area contributed by atoms with Gasteiger partial charge in [-0.2, -0.15) is 0 Å². The molecule has 0 saturated heterocycles. The number of rotatable bonds is 5. The number of aromatic amines is 1.